The zero-order chi connectivity index (χ0) is 19.9. The van der Waals surface area contributed by atoms with E-state index in [-0.39, 0.29) is 24.5 Å². The summed E-state index contributed by atoms with van der Waals surface area (Å²) < 4.78 is 10.5. The SMILES string of the molecule is CCOC(=O)C(Cc1ccc(I)cc1[N+](=O)[O-])(NC(C)=O)C(=O)OCC. The van der Waals surface area contributed by atoms with Crippen molar-refractivity contribution in [3.8, 4) is 0 Å². The van der Waals surface area contributed by atoms with Gasteiger partial charge < -0.3 is 14.8 Å². The molecule has 0 aliphatic rings. The van der Waals surface area contributed by atoms with Crippen LogP contribution >= 0.6 is 22.6 Å². The Labute approximate surface area is 163 Å². The Morgan fingerprint density at radius 2 is 1.73 bits per heavy atom. The highest BCUT2D eigenvalue weighted by atomic mass is 127. The van der Waals surface area contributed by atoms with Crippen LogP contribution in [0.2, 0.25) is 0 Å². The fourth-order valence-corrected chi connectivity index (χ4v) is 2.80. The zero-order valence-corrected chi connectivity index (χ0v) is 16.7. The van der Waals surface area contributed by atoms with Gasteiger partial charge in [-0.25, -0.2) is 9.59 Å². The molecule has 1 aromatic rings. The van der Waals surface area contributed by atoms with Gasteiger partial charge in [0.25, 0.3) is 5.69 Å². The molecule has 0 bridgehead atoms. The molecule has 1 amide bonds. The van der Waals surface area contributed by atoms with Gasteiger partial charge in [0.2, 0.25) is 11.4 Å². The molecule has 142 valence electrons. The molecule has 1 N–H and O–H groups in total. The van der Waals surface area contributed by atoms with Gasteiger partial charge in [-0.2, -0.15) is 0 Å². The van der Waals surface area contributed by atoms with E-state index in [4.69, 9.17) is 9.47 Å². The molecule has 0 aromatic heterocycles. The molecule has 0 radical (unpaired) electrons. The second kappa shape index (κ2) is 9.46. The Hall–Kier alpha value is -2.24. The minimum absolute atomic E-state index is 0.0473. The van der Waals surface area contributed by atoms with Crippen molar-refractivity contribution in [3.05, 3.63) is 37.4 Å². The van der Waals surface area contributed by atoms with Crippen LogP contribution in [0, 0.1) is 13.7 Å². The lowest BCUT2D eigenvalue weighted by Crippen LogP contribution is -2.62. The number of nitro benzene ring substituents is 1. The molecule has 0 aliphatic carbocycles. The highest BCUT2D eigenvalue weighted by molar-refractivity contribution is 14.1. The third kappa shape index (κ3) is 5.13. The second-order valence-electron chi connectivity index (χ2n) is 5.23. The second-order valence-corrected chi connectivity index (χ2v) is 6.48. The lowest BCUT2D eigenvalue weighted by Gasteiger charge is -2.29. The van der Waals surface area contributed by atoms with E-state index < -0.39 is 34.7 Å². The molecule has 10 heteroatoms. The summed E-state index contributed by atoms with van der Waals surface area (Å²) in [6.45, 7) is 4.10. The number of rotatable bonds is 8. The number of amides is 1. The Balaban J connectivity index is 3.53. The highest BCUT2D eigenvalue weighted by Crippen LogP contribution is 2.27. The maximum atomic E-state index is 12.6. The number of nitrogens with one attached hydrogen (secondary N) is 1. The number of esters is 2. The number of halogens is 1. The van der Waals surface area contributed by atoms with Gasteiger partial charge in [-0.3, -0.25) is 14.9 Å². The van der Waals surface area contributed by atoms with E-state index in [2.05, 4.69) is 5.32 Å². The van der Waals surface area contributed by atoms with Gasteiger partial charge in [0, 0.05) is 28.5 Å². The number of hydrogen-bond donors (Lipinski definition) is 1. The lowest BCUT2D eigenvalue weighted by atomic mass is 9.89. The van der Waals surface area contributed by atoms with Crippen LogP contribution in [0.5, 0.6) is 0 Å². The predicted octanol–water partition coefficient (Wildman–Crippen LogP) is 1.74. The monoisotopic (exact) mass is 478 g/mol. The van der Waals surface area contributed by atoms with E-state index in [0.29, 0.717) is 3.57 Å². The number of benzene rings is 1. The van der Waals surface area contributed by atoms with E-state index in [1.54, 1.807) is 6.07 Å². The van der Waals surface area contributed by atoms with Crippen molar-refractivity contribution in [2.45, 2.75) is 32.7 Å². The van der Waals surface area contributed by atoms with Crippen LogP contribution in [0.25, 0.3) is 0 Å². The smallest absolute Gasteiger partial charge is 0.344 e. The average Bonchev–Trinajstić information content (AvgIpc) is 2.55. The number of carbonyl (C=O) groups is 3. The van der Waals surface area contributed by atoms with Crippen LogP contribution in [0.4, 0.5) is 5.69 Å². The number of nitro groups is 1. The molecule has 0 saturated heterocycles. The molecule has 1 aromatic carbocycles. The maximum absolute atomic E-state index is 12.6. The van der Waals surface area contributed by atoms with E-state index in [1.165, 1.54) is 26.0 Å². The summed E-state index contributed by atoms with van der Waals surface area (Å²) in [4.78, 5) is 47.5. The molecule has 0 spiro atoms. The standard InChI is InChI=1S/C16H19IN2O7/c1-4-25-14(21)16(18-10(3)20,15(22)26-5-2)9-11-6-7-12(17)8-13(11)19(23)24/h6-8H,4-5,9H2,1-3H3,(H,18,20). The molecule has 0 saturated carbocycles. The fourth-order valence-electron chi connectivity index (χ4n) is 2.33. The van der Waals surface area contributed by atoms with Crippen LogP contribution in [-0.2, 0) is 30.3 Å². The minimum Gasteiger partial charge on any atom is -0.464 e. The summed E-state index contributed by atoms with van der Waals surface area (Å²) in [6, 6.07) is 4.33. The molecule has 0 atom stereocenters. The van der Waals surface area contributed by atoms with Crippen molar-refractivity contribution in [1.82, 2.24) is 5.32 Å². The molecule has 1 rings (SSSR count). The molecule has 0 unspecified atom stereocenters. The molecule has 0 heterocycles. The predicted molar refractivity (Wildman–Crippen MR) is 99.3 cm³/mol. The quantitative estimate of drug-likeness (QED) is 0.198. The third-order valence-electron chi connectivity index (χ3n) is 3.34. The highest BCUT2D eigenvalue weighted by Gasteiger charge is 2.51. The van der Waals surface area contributed by atoms with Crippen molar-refractivity contribution in [1.29, 1.82) is 0 Å². The van der Waals surface area contributed by atoms with E-state index in [9.17, 15) is 24.5 Å². The molecule has 0 aliphatic heterocycles. The summed E-state index contributed by atoms with van der Waals surface area (Å²) in [6.07, 6.45) is -0.475. The van der Waals surface area contributed by atoms with Crippen molar-refractivity contribution < 1.29 is 28.8 Å². The normalized spacial score (nSPS) is 10.8. The Morgan fingerprint density at radius 3 is 2.15 bits per heavy atom. The number of hydrogen-bond acceptors (Lipinski definition) is 7. The van der Waals surface area contributed by atoms with Gasteiger partial charge in [-0.05, 0) is 42.5 Å². The van der Waals surface area contributed by atoms with Gasteiger partial charge >= 0.3 is 11.9 Å². The summed E-state index contributed by atoms with van der Waals surface area (Å²) in [5, 5.41) is 13.6. The Kier molecular flexibility index (Phi) is 7.93. The van der Waals surface area contributed by atoms with Crippen molar-refractivity contribution >= 4 is 46.1 Å². The van der Waals surface area contributed by atoms with Crippen molar-refractivity contribution in [3.63, 3.8) is 0 Å². The summed E-state index contributed by atoms with van der Waals surface area (Å²) in [7, 11) is 0. The zero-order valence-electron chi connectivity index (χ0n) is 14.5. The van der Waals surface area contributed by atoms with Gasteiger partial charge in [-0.15, -0.1) is 0 Å². The summed E-state index contributed by atoms with van der Waals surface area (Å²) in [5.41, 5.74) is -2.40. The van der Waals surface area contributed by atoms with Gasteiger partial charge in [-0.1, -0.05) is 6.07 Å². The first-order valence-electron chi connectivity index (χ1n) is 7.74. The Bertz CT molecular complexity index is 703. The lowest BCUT2D eigenvalue weighted by molar-refractivity contribution is -0.385. The maximum Gasteiger partial charge on any atom is 0.344 e. The van der Waals surface area contributed by atoms with Crippen LogP contribution in [0.1, 0.15) is 26.3 Å². The van der Waals surface area contributed by atoms with Gasteiger partial charge in [0.1, 0.15) is 0 Å². The first kappa shape index (κ1) is 21.8. The van der Waals surface area contributed by atoms with Crippen LogP contribution in [0.3, 0.4) is 0 Å². The minimum atomic E-state index is -2.21. The number of ether oxygens (including phenoxy) is 2. The van der Waals surface area contributed by atoms with Crippen molar-refractivity contribution in [2.75, 3.05) is 13.2 Å². The molecular formula is C16H19IN2O7. The van der Waals surface area contributed by atoms with Crippen LogP contribution in [0.15, 0.2) is 18.2 Å². The summed E-state index contributed by atoms with van der Waals surface area (Å²) >= 11 is 1.91. The van der Waals surface area contributed by atoms with Crippen molar-refractivity contribution in [2.24, 2.45) is 0 Å². The summed E-state index contributed by atoms with van der Waals surface area (Å²) in [5.74, 6) is -2.76. The Morgan fingerprint density at radius 1 is 1.19 bits per heavy atom. The first-order valence-corrected chi connectivity index (χ1v) is 8.81. The topological polar surface area (TPSA) is 125 Å². The molecular weight excluding hydrogens is 459 g/mol. The third-order valence-corrected chi connectivity index (χ3v) is 4.01. The molecule has 0 fully saturated rings. The number of nitrogens with zero attached hydrogens (tertiary/aromatic N) is 1. The fraction of sp³-hybridized carbons (Fsp3) is 0.438. The first-order chi connectivity index (χ1) is 12.2. The van der Waals surface area contributed by atoms with Crippen LogP contribution < -0.4 is 5.32 Å². The van der Waals surface area contributed by atoms with Gasteiger partial charge in [0.15, 0.2) is 0 Å². The largest absolute Gasteiger partial charge is 0.464 e. The van der Waals surface area contributed by atoms with E-state index in [1.807, 2.05) is 22.6 Å². The molecule has 26 heavy (non-hydrogen) atoms. The average molecular weight is 478 g/mol. The molecule has 9 nitrogen and oxygen atoms in total. The van der Waals surface area contributed by atoms with Gasteiger partial charge in [0.05, 0.1) is 18.1 Å². The number of carbonyl (C=O) groups excluding carboxylic acids is 3. The van der Waals surface area contributed by atoms with E-state index in [0.717, 1.165) is 6.92 Å². The van der Waals surface area contributed by atoms with Crippen LogP contribution in [-0.4, -0.2) is 41.5 Å². The van der Waals surface area contributed by atoms with E-state index >= 15 is 0 Å².